The molecule has 4 nitrogen and oxygen atoms in total. The molecule has 1 aliphatic heterocycles. The Balaban J connectivity index is 2.02. The fraction of sp³-hybridized carbons (Fsp3) is 0.714. The van der Waals surface area contributed by atoms with E-state index in [2.05, 4.69) is 41.5 Å². The van der Waals surface area contributed by atoms with Crippen LogP contribution in [0.15, 0.2) is 24.3 Å². The molecule has 0 N–H and O–H groups in total. The van der Waals surface area contributed by atoms with E-state index in [4.69, 9.17) is 18.6 Å². The summed E-state index contributed by atoms with van der Waals surface area (Å²) in [6.07, 6.45) is 0.640. The highest BCUT2D eigenvalue weighted by atomic mass is 28.4. The van der Waals surface area contributed by atoms with Crippen molar-refractivity contribution in [3.63, 3.8) is 0 Å². The third-order valence-corrected chi connectivity index (χ3v) is 11.7. The third-order valence-electron chi connectivity index (χ3n) is 5.64. The van der Waals surface area contributed by atoms with E-state index in [1.54, 1.807) is 7.11 Å². The lowest BCUT2D eigenvalue weighted by Gasteiger charge is -2.43. The van der Waals surface area contributed by atoms with E-state index >= 15 is 0 Å². The van der Waals surface area contributed by atoms with Crippen LogP contribution in [0.1, 0.15) is 59.8 Å². The van der Waals surface area contributed by atoms with Crippen molar-refractivity contribution in [1.82, 2.24) is 0 Å². The zero-order valence-electron chi connectivity index (χ0n) is 17.5. The van der Waals surface area contributed by atoms with Crippen LogP contribution in [0.2, 0.25) is 16.6 Å². The van der Waals surface area contributed by atoms with Gasteiger partial charge in [0.2, 0.25) is 0 Å². The molecule has 0 aliphatic carbocycles. The second-order valence-electron chi connectivity index (χ2n) is 8.15. The van der Waals surface area contributed by atoms with Crippen LogP contribution in [0.3, 0.4) is 0 Å². The van der Waals surface area contributed by atoms with Crippen molar-refractivity contribution < 1.29 is 18.6 Å². The fourth-order valence-corrected chi connectivity index (χ4v) is 9.86. The van der Waals surface area contributed by atoms with Gasteiger partial charge in [-0.3, -0.25) is 0 Å². The lowest BCUT2D eigenvalue weighted by atomic mass is 10.2. The van der Waals surface area contributed by atoms with Crippen LogP contribution in [0.4, 0.5) is 0 Å². The Labute approximate surface area is 160 Å². The Hall–Kier alpha value is -0.883. The number of benzene rings is 1. The van der Waals surface area contributed by atoms with Crippen LogP contribution >= 0.6 is 0 Å². The zero-order chi connectivity index (χ0) is 19.3. The zero-order valence-corrected chi connectivity index (χ0v) is 18.5. The Morgan fingerprint density at radius 3 is 2.08 bits per heavy atom. The molecule has 1 aromatic rings. The molecule has 2 rings (SSSR count). The van der Waals surface area contributed by atoms with E-state index in [0.29, 0.717) is 29.8 Å². The third kappa shape index (κ3) is 4.69. The molecule has 0 aromatic heterocycles. The summed E-state index contributed by atoms with van der Waals surface area (Å²) in [5.74, 6) is 0.839. The molecule has 1 heterocycles. The normalized spacial score (nSPS) is 21.6. The first-order valence-corrected chi connectivity index (χ1v) is 12.0. The largest absolute Gasteiger partial charge is 0.497 e. The standard InChI is InChI=1S/C21H36O4Si/c1-15(2)26(16(3)4,17(5)6)24-14-20-12-13-23-21(25-20)18-8-10-19(22-7)11-9-18/h8-11,15-17,20-21H,12-14H2,1-7H3/t20-,21-/m1/s1. The molecule has 26 heavy (non-hydrogen) atoms. The Kier molecular flexibility index (Phi) is 7.71. The van der Waals surface area contributed by atoms with E-state index < -0.39 is 8.32 Å². The summed E-state index contributed by atoms with van der Waals surface area (Å²) in [6.45, 7) is 15.3. The summed E-state index contributed by atoms with van der Waals surface area (Å²) in [4.78, 5) is 0. The van der Waals surface area contributed by atoms with E-state index in [1.807, 2.05) is 24.3 Å². The summed E-state index contributed by atoms with van der Waals surface area (Å²) in [5.41, 5.74) is 2.77. The number of methoxy groups -OCH3 is 1. The van der Waals surface area contributed by atoms with Crippen molar-refractivity contribution in [2.45, 2.75) is 77.0 Å². The molecular formula is C21H36O4Si. The second kappa shape index (κ2) is 9.35. The minimum atomic E-state index is -1.86. The number of hydrogen-bond acceptors (Lipinski definition) is 4. The monoisotopic (exact) mass is 380 g/mol. The maximum Gasteiger partial charge on any atom is 0.200 e. The number of hydrogen-bond donors (Lipinski definition) is 0. The predicted octanol–water partition coefficient (Wildman–Crippen LogP) is 5.69. The van der Waals surface area contributed by atoms with Gasteiger partial charge in [0, 0.05) is 5.56 Å². The maximum absolute atomic E-state index is 6.71. The van der Waals surface area contributed by atoms with Crippen molar-refractivity contribution in [2.24, 2.45) is 0 Å². The first-order valence-electron chi connectivity index (χ1n) is 9.86. The summed E-state index contributed by atoms with van der Waals surface area (Å²) >= 11 is 0. The van der Waals surface area contributed by atoms with Gasteiger partial charge in [0.1, 0.15) is 5.75 Å². The number of rotatable bonds is 8. The molecule has 0 unspecified atom stereocenters. The molecular weight excluding hydrogens is 344 g/mol. The summed E-state index contributed by atoms with van der Waals surface area (Å²) in [5, 5.41) is 0. The Bertz CT molecular complexity index is 520. The van der Waals surface area contributed by atoms with Gasteiger partial charge in [-0.05, 0) is 35.2 Å². The first kappa shape index (κ1) is 21.4. The highest BCUT2D eigenvalue weighted by Gasteiger charge is 2.45. The lowest BCUT2D eigenvalue weighted by Crippen LogP contribution is -2.49. The highest BCUT2D eigenvalue weighted by molar-refractivity contribution is 6.77. The summed E-state index contributed by atoms with van der Waals surface area (Å²) in [7, 11) is -0.192. The van der Waals surface area contributed by atoms with Crippen molar-refractivity contribution in [3.8, 4) is 5.75 Å². The second-order valence-corrected chi connectivity index (χ2v) is 13.6. The van der Waals surface area contributed by atoms with Crippen LogP contribution in [0.5, 0.6) is 5.75 Å². The van der Waals surface area contributed by atoms with E-state index in [9.17, 15) is 0 Å². The van der Waals surface area contributed by atoms with E-state index in [1.165, 1.54) is 0 Å². The van der Waals surface area contributed by atoms with Gasteiger partial charge in [-0.15, -0.1) is 0 Å². The van der Waals surface area contributed by atoms with Crippen molar-refractivity contribution in [2.75, 3.05) is 20.3 Å². The van der Waals surface area contributed by atoms with Crippen LogP contribution in [0, 0.1) is 0 Å². The van der Waals surface area contributed by atoms with Crippen LogP contribution < -0.4 is 4.74 Å². The lowest BCUT2D eigenvalue weighted by molar-refractivity contribution is -0.223. The molecule has 1 aliphatic rings. The van der Waals surface area contributed by atoms with Gasteiger partial charge in [0.15, 0.2) is 14.6 Å². The molecule has 1 fully saturated rings. The molecule has 1 saturated heterocycles. The van der Waals surface area contributed by atoms with Gasteiger partial charge < -0.3 is 18.6 Å². The van der Waals surface area contributed by atoms with Crippen molar-refractivity contribution in [1.29, 1.82) is 0 Å². The fourth-order valence-electron chi connectivity index (χ4n) is 4.38. The molecule has 0 spiro atoms. The maximum atomic E-state index is 6.71. The Morgan fingerprint density at radius 1 is 1.00 bits per heavy atom. The molecule has 0 saturated carbocycles. The average Bonchev–Trinajstić information content (AvgIpc) is 2.61. The van der Waals surface area contributed by atoms with Gasteiger partial charge in [0.25, 0.3) is 0 Å². The summed E-state index contributed by atoms with van der Waals surface area (Å²) < 4.78 is 24.0. The quantitative estimate of drug-likeness (QED) is 0.543. The average molecular weight is 381 g/mol. The van der Waals surface area contributed by atoms with Gasteiger partial charge in [-0.1, -0.05) is 53.7 Å². The van der Waals surface area contributed by atoms with Gasteiger partial charge in [-0.2, -0.15) is 0 Å². The molecule has 5 heteroatoms. The van der Waals surface area contributed by atoms with Gasteiger partial charge >= 0.3 is 0 Å². The van der Waals surface area contributed by atoms with Gasteiger partial charge in [0.05, 0.1) is 26.4 Å². The molecule has 148 valence electrons. The first-order chi connectivity index (χ1) is 12.3. The minimum absolute atomic E-state index is 0.0824. The molecule has 0 amide bonds. The van der Waals surface area contributed by atoms with Crippen LogP contribution in [-0.2, 0) is 13.9 Å². The molecule has 0 bridgehead atoms. The SMILES string of the molecule is COc1ccc([C@@H]2OCC[C@H](CO[Si](C(C)C)(C(C)C)C(C)C)O2)cc1. The summed E-state index contributed by atoms with van der Waals surface area (Å²) in [6, 6.07) is 7.89. The van der Waals surface area contributed by atoms with E-state index in [0.717, 1.165) is 17.7 Å². The molecule has 2 atom stereocenters. The smallest absolute Gasteiger partial charge is 0.200 e. The topological polar surface area (TPSA) is 36.9 Å². The van der Waals surface area contributed by atoms with Crippen LogP contribution in [-0.4, -0.2) is 34.7 Å². The van der Waals surface area contributed by atoms with E-state index in [-0.39, 0.29) is 12.4 Å². The van der Waals surface area contributed by atoms with Crippen LogP contribution in [0.25, 0.3) is 0 Å². The highest BCUT2D eigenvalue weighted by Crippen LogP contribution is 2.42. The van der Waals surface area contributed by atoms with Gasteiger partial charge in [-0.25, -0.2) is 0 Å². The van der Waals surface area contributed by atoms with Crippen molar-refractivity contribution >= 4 is 8.32 Å². The molecule has 1 aromatic carbocycles. The minimum Gasteiger partial charge on any atom is -0.497 e. The molecule has 0 radical (unpaired) electrons. The Morgan fingerprint density at radius 2 is 1.58 bits per heavy atom. The number of ether oxygens (including phenoxy) is 3. The van der Waals surface area contributed by atoms with Crippen molar-refractivity contribution in [3.05, 3.63) is 29.8 Å². The predicted molar refractivity (Wildman–Crippen MR) is 108 cm³/mol.